The molecule has 0 spiro atoms. The van der Waals surface area contributed by atoms with Gasteiger partial charge in [0.05, 0.1) is 17.5 Å². The van der Waals surface area contributed by atoms with Crippen molar-refractivity contribution in [3.05, 3.63) is 66.2 Å². The molecule has 4 aromatic rings. The molecule has 1 heterocycles. The lowest BCUT2D eigenvalue weighted by atomic mass is 10.1. The van der Waals surface area contributed by atoms with Crippen LogP contribution in [0.25, 0.3) is 21.9 Å². The number of nitrogens with one attached hydrogen (secondary N) is 3. The van der Waals surface area contributed by atoms with Crippen molar-refractivity contribution in [2.24, 2.45) is 0 Å². The normalized spacial score (nSPS) is 11.4. The predicted molar refractivity (Wildman–Crippen MR) is 121 cm³/mol. The van der Waals surface area contributed by atoms with Crippen LogP contribution in [0.2, 0.25) is 0 Å². The molecule has 3 aromatic carbocycles. The fourth-order valence-electron chi connectivity index (χ4n) is 3.30. The second kappa shape index (κ2) is 7.77. The first-order valence-electron chi connectivity index (χ1n) is 9.32. The highest BCUT2D eigenvalue weighted by Crippen LogP contribution is 2.31. The molecule has 0 aliphatic heterocycles. The number of para-hydroxylation sites is 1. The minimum atomic E-state index is -3.62. The van der Waals surface area contributed by atoms with Crippen molar-refractivity contribution in [1.82, 2.24) is 0 Å². The second-order valence-electron chi connectivity index (χ2n) is 7.08. The smallest absolute Gasteiger partial charge is 0.257 e. The maximum Gasteiger partial charge on any atom is 0.257 e. The minimum Gasteiger partial charge on any atom is -0.456 e. The van der Waals surface area contributed by atoms with Crippen LogP contribution in [-0.2, 0) is 14.8 Å². The Morgan fingerprint density at radius 1 is 0.839 bits per heavy atom. The third-order valence-corrected chi connectivity index (χ3v) is 5.11. The van der Waals surface area contributed by atoms with Gasteiger partial charge in [-0.15, -0.1) is 0 Å². The van der Waals surface area contributed by atoms with Crippen molar-refractivity contribution in [2.75, 3.05) is 21.6 Å². The summed E-state index contributed by atoms with van der Waals surface area (Å²) in [6.07, 6.45) is 0.992. The number of hydrogen-bond donors (Lipinski definition) is 3. The zero-order valence-electron chi connectivity index (χ0n) is 16.7. The fraction of sp³-hybridized carbons (Fsp3) is 0.0909. The first-order chi connectivity index (χ1) is 14.7. The van der Waals surface area contributed by atoms with Crippen LogP contribution in [0.3, 0.4) is 0 Å². The van der Waals surface area contributed by atoms with Gasteiger partial charge in [-0.2, -0.15) is 0 Å². The largest absolute Gasteiger partial charge is 0.456 e. The van der Waals surface area contributed by atoms with Crippen LogP contribution < -0.4 is 15.4 Å². The standard InChI is InChI=1S/C22H19N3O5S/c1-13(26)23-14-8-10-19(25-31(2,28)29)18(11-14)22(27)24-15-7-9-17-16-5-3-4-6-20(16)30-21(17)12-15/h3-12,25H,1-2H3,(H,23,26)(H,24,27). The van der Waals surface area contributed by atoms with E-state index in [2.05, 4.69) is 15.4 Å². The molecule has 9 heteroatoms. The van der Waals surface area contributed by atoms with Crippen molar-refractivity contribution in [3.63, 3.8) is 0 Å². The van der Waals surface area contributed by atoms with E-state index in [1.54, 1.807) is 12.1 Å². The lowest BCUT2D eigenvalue weighted by Gasteiger charge is -2.13. The van der Waals surface area contributed by atoms with Gasteiger partial charge in [-0.1, -0.05) is 18.2 Å². The summed E-state index contributed by atoms with van der Waals surface area (Å²) in [5.74, 6) is -0.862. The number of fused-ring (bicyclic) bond motifs is 3. The van der Waals surface area contributed by atoms with Crippen LogP contribution in [0.4, 0.5) is 17.1 Å². The van der Waals surface area contributed by atoms with Gasteiger partial charge in [0, 0.05) is 35.1 Å². The van der Waals surface area contributed by atoms with Crippen LogP contribution in [0.1, 0.15) is 17.3 Å². The van der Waals surface area contributed by atoms with Gasteiger partial charge in [0.1, 0.15) is 11.2 Å². The molecule has 158 valence electrons. The summed E-state index contributed by atoms with van der Waals surface area (Å²) in [4.78, 5) is 24.3. The summed E-state index contributed by atoms with van der Waals surface area (Å²) in [6.45, 7) is 1.34. The first-order valence-corrected chi connectivity index (χ1v) is 11.2. The van der Waals surface area contributed by atoms with Crippen molar-refractivity contribution < 1.29 is 22.4 Å². The van der Waals surface area contributed by atoms with Crippen LogP contribution in [0, 0.1) is 0 Å². The van der Waals surface area contributed by atoms with Crippen LogP contribution in [0.15, 0.2) is 65.1 Å². The van der Waals surface area contributed by atoms with Gasteiger partial charge in [0.2, 0.25) is 15.9 Å². The molecule has 0 radical (unpaired) electrons. The minimum absolute atomic E-state index is 0.0568. The number of sulfonamides is 1. The van der Waals surface area contributed by atoms with Crippen LogP contribution >= 0.6 is 0 Å². The number of rotatable bonds is 5. The predicted octanol–water partition coefficient (Wildman–Crippen LogP) is 4.17. The van der Waals surface area contributed by atoms with Gasteiger partial charge in [-0.25, -0.2) is 8.42 Å². The fourth-order valence-corrected chi connectivity index (χ4v) is 3.88. The molecule has 0 saturated heterocycles. The van der Waals surface area contributed by atoms with E-state index in [1.165, 1.54) is 25.1 Å². The quantitative estimate of drug-likeness (QED) is 0.433. The molecule has 0 saturated carbocycles. The maximum absolute atomic E-state index is 13.0. The molecule has 0 aliphatic carbocycles. The Hall–Kier alpha value is -3.85. The van der Waals surface area contributed by atoms with Crippen LogP contribution in [0.5, 0.6) is 0 Å². The van der Waals surface area contributed by atoms with E-state index in [9.17, 15) is 18.0 Å². The van der Waals surface area contributed by atoms with Gasteiger partial charge >= 0.3 is 0 Å². The highest BCUT2D eigenvalue weighted by molar-refractivity contribution is 7.92. The van der Waals surface area contributed by atoms with Gasteiger partial charge < -0.3 is 15.1 Å². The van der Waals surface area contributed by atoms with Gasteiger partial charge in [-0.3, -0.25) is 14.3 Å². The maximum atomic E-state index is 13.0. The van der Waals surface area contributed by atoms with Crippen molar-refractivity contribution in [2.45, 2.75) is 6.92 Å². The van der Waals surface area contributed by atoms with E-state index >= 15 is 0 Å². The molecule has 0 aliphatic rings. The van der Waals surface area contributed by atoms with E-state index < -0.39 is 15.9 Å². The lowest BCUT2D eigenvalue weighted by molar-refractivity contribution is -0.114. The molecule has 0 unspecified atom stereocenters. The average Bonchev–Trinajstić information content (AvgIpc) is 3.05. The summed E-state index contributed by atoms with van der Waals surface area (Å²) in [5.41, 5.74) is 2.35. The Labute approximate surface area is 178 Å². The van der Waals surface area contributed by atoms with E-state index in [0.29, 0.717) is 17.0 Å². The van der Waals surface area contributed by atoms with E-state index in [4.69, 9.17) is 4.42 Å². The number of hydrogen-bond acceptors (Lipinski definition) is 5. The number of anilines is 3. The molecular weight excluding hydrogens is 418 g/mol. The molecule has 2 amide bonds. The highest BCUT2D eigenvalue weighted by Gasteiger charge is 2.17. The molecule has 31 heavy (non-hydrogen) atoms. The van der Waals surface area contributed by atoms with E-state index in [0.717, 1.165) is 22.6 Å². The van der Waals surface area contributed by atoms with Crippen LogP contribution in [-0.4, -0.2) is 26.5 Å². The SMILES string of the molecule is CC(=O)Nc1ccc(NS(C)(=O)=O)c(C(=O)Nc2ccc3c(c2)oc2ccccc23)c1. The number of amides is 2. The van der Waals surface area contributed by atoms with E-state index in [-0.39, 0.29) is 17.2 Å². The summed E-state index contributed by atoms with van der Waals surface area (Å²) >= 11 is 0. The Balaban J connectivity index is 1.69. The highest BCUT2D eigenvalue weighted by atomic mass is 32.2. The summed E-state index contributed by atoms with van der Waals surface area (Å²) < 4.78 is 31.6. The number of carbonyl (C=O) groups is 2. The summed E-state index contributed by atoms with van der Waals surface area (Å²) in [6, 6.07) is 17.2. The van der Waals surface area contributed by atoms with Gasteiger partial charge in [-0.05, 0) is 36.4 Å². The third-order valence-electron chi connectivity index (χ3n) is 4.52. The van der Waals surface area contributed by atoms with Crippen molar-refractivity contribution in [1.29, 1.82) is 0 Å². The Morgan fingerprint density at radius 3 is 2.26 bits per heavy atom. The zero-order valence-corrected chi connectivity index (χ0v) is 17.5. The molecule has 0 fully saturated rings. The lowest BCUT2D eigenvalue weighted by Crippen LogP contribution is -2.18. The number of furan rings is 1. The monoisotopic (exact) mass is 437 g/mol. The molecule has 3 N–H and O–H groups in total. The Morgan fingerprint density at radius 2 is 1.52 bits per heavy atom. The Kier molecular flexibility index (Phi) is 5.12. The van der Waals surface area contributed by atoms with Gasteiger partial charge in [0.15, 0.2) is 0 Å². The average molecular weight is 437 g/mol. The number of carbonyl (C=O) groups excluding carboxylic acids is 2. The second-order valence-corrected chi connectivity index (χ2v) is 8.83. The summed E-state index contributed by atoms with van der Waals surface area (Å²) in [7, 11) is -3.62. The topological polar surface area (TPSA) is 118 Å². The first kappa shape index (κ1) is 20.4. The van der Waals surface area contributed by atoms with E-state index in [1.807, 2.05) is 30.3 Å². The molecule has 8 nitrogen and oxygen atoms in total. The summed E-state index contributed by atoms with van der Waals surface area (Å²) in [5, 5.41) is 7.22. The van der Waals surface area contributed by atoms with Crippen molar-refractivity contribution in [3.8, 4) is 0 Å². The molecule has 4 rings (SSSR count). The Bertz CT molecular complexity index is 1440. The van der Waals surface area contributed by atoms with Gasteiger partial charge in [0.25, 0.3) is 5.91 Å². The molecule has 0 bridgehead atoms. The number of benzene rings is 3. The van der Waals surface area contributed by atoms with Crippen molar-refractivity contribution >= 4 is 60.8 Å². The molecule has 0 atom stereocenters. The molecule has 1 aromatic heterocycles. The molecular formula is C22H19N3O5S. The third kappa shape index (κ3) is 4.51. The zero-order chi connectivity index (χ0) is 22.2.